The molecular weight excluding hydrogens is 407 g/mol. The highest BCUT2D eigenvalue weighted by molar-refractivity contribution is 6.36. The van der Waals surface area contributed by atoms with Crippen LogP contribution in [0.1, 0.15) is 43.0 Å². The van der Waals surface area contributed by atoms with Crippen LogP contribution in [0.25, 0.3) is 0 Å². The van der Waals surface area contributed by atoms with Gasteiger partial charge in [0.15, 0.2) is 6.61 Å². The fraction of sp³-hybridized carbons (Fsp3) is 0.474. The van der Waals surface area contributed by atoms with Crippen LogP contribution >= 0.6 is 23.2 Å². The van der Waals surface area contributed by atoms with E-state index in [2.05, 4.69) is 5.32 Å². The molecular formula is C19H20Cl2N2O5. The number of hydrogen-bond donors (Lipinski definition) is 1. The van der Waals surface area contributed by atoms with Crippen LogP contribution in [0.3, 0.4) is 0 Å². The van der Waals surface area contributed by atoms with E-state index in [1.54, 1.807) is 0 Å². The van der Waals surface area contributed by atoms with Gasteiger partial charge in [-0.1, -0.05) is 43.0 Å². The first-order valence-corrected chi connectivity index (χ1v) is 9.78. The summed E-state index contributed by atoms with van der Waals surface area (Å²) < 4.78 is 4.95. The molecule has 0 radical (unpaired) electrons. The molecule has 28 heavy (non-hydrogen) atoms. The van der Waals surface area contributed by atoms with Crippen LogP contribution in [0, 0.1) is 5.92 Å². The number of nitrogens with zero attached hydrogens (tertiary/aromatic N) is 1. The van der Waals surface area contributed by atoms with Crippen molar-refractivity contribution in [3.05, 3.63) is 33.8 Å². The standard InChI is InChI=1S/C19H20Cl2N2O5/c1-11-4-2-3-7-19(11)17(26)23(18(27)22-19)9-16(25)28-10-15(24)13-6-5-12(20)8-14(13)21/h5-6,8,11H,2-4,7,9-10H2,1H3,(H,22,27). The summed E-state index contributed by atoms with van der Waals surface area (Å²) in [5, 5.41) is 3.29. The number of ether oxygens (including phenoxy) is 1. The van der Waals surface area contributed by atoms with E-state index in [-0.39, 0.29) is 16.5 Å². The summed E-state index contributed by atoms with van der Waals surface area (Å²) in [7, 11) is 0. The first-order chi connectivity index (χ1) is 13.2. The van der Waals surface area contributed by atoms with Crippen molar-refractivity contribution in [2.45, 2.75) is 38.1 Å². The maximum atomic E-state index is 12.8. The van der Waals surface area contributed by atoms with E-state index in [4.69, 9.17) is 27.9 Å². The second-order valence-corrected chi connectivity index (χ2v) is 7.99. The number of ketones is 1. The summed E-state index contributed by atoms with van der Waals surface area (Å²) in [6.45, 7) is 0.833. The third kappa shape index (κ3) is 3.86. The van der Waals surface area contributed by atoms with Crippen molar-refractivity contribution < 1.29 is 23.9 Å². The molecule has 1 spiro atoms. The summed E-state index contributed by atoms with van der Waals surface area (Å²) >= 11 is 11.7. The third-order valence-electron chi connectivity index (χ3n) is 5.38. The maximum absolute atomic E-state index is 12.8. The van der Waals surface area contributed by atoms with E-state index in [0.717, 1.165) is 24.2 Å². The molecule has 1 aromatic carbocycles. The van der Waals surface area contributed by atoms with Gasteiger partial charge in [0.05, 0.1) is 5.02 Å². The van der Waals surface area contributed by atoms with Crippen LogP contribution in [0.5, 0.6) is 0 Å². The monoisotopic (exact) mass is 426 g/mol. The van der Waals surface area contributed by atoms with Crippen LogP contribution in [0.4, 0.5) is 4.79 Å². The molecule has 2 atom stereocenters. The van der Waals surface area contributed by atoms with E-state index in [1.165, 1.54) is 18.2 Å². The molecule has 1 aliphatic heterocycles. The first-order valence-electron chi connectivity index (χ1n) is 9.02. The smallest absolute Gasteiger partial charge is 0.326 e. The van der Waals surface area contributed by atoms with E-state index < -0.39 is 42.4 Å². The largest absolute Gasteiger partial charge is 0.456 e. The molecule has 2 fully saturated rings. The quantitative estimate of drug-likeness (QED) is 0.443. The molecule has 1 heterocycles. The second kappa shape index (κ2) is 8.09. The Morgan fingerprint density at radius 2 is 2.04 bits per heavy atom. The highest BCUT2D eigenvalue weighted by Gasteiger charge is 2.55. The van der Waals surface area contributed by atoms with Crippen molar-refractivity contribution in [1.29, 1.82) is 0 Å². The van der Waals surface area contributed by atoms with Gasteiger partial charge in [0.2, 0.25) is 5.78 Å². The minimum Gasteiger partial charge on any atom is -0.456 e. The lowest BCUT2D eigenvalue weighted by Gasteiger charge is -2.36. The highest BCUT2D eigenvalue weighted by Crippen LogP contribution is 2.38. The number of urea groups is 1. The van der Waals surface area contributed by atoms with Gasteiger partial charge in [0, 0.05) is 10.6 Å². The Labute approximate surface area is 172 Å². The Balaban J connectivity index is 1.59. The normalized spacial score (nSPS) is 24.4. The van der Waals surface area contributed by atoms with E-state index in [9.17, 15) is 19.2 Å². The number of nitrogens with one attached hydrogen (secondary N) is 1. The fourth-order valence-electron chi connectivity index (χ4n) is 3.75. The van der Waals surface area contributed by atoms with Crippen molar-refractivity contribution in [1.82, 2.24) is 10.2 Å². The van der Waals surface area contributed by atoms with Gasteiger partial charge < -0.3 is 10.1 Å². The number of esters is 1. The second-order valence-electron chi connectivity index (χ2n) is 7.15. The molecule has 1 aromatic rings. The lowest BCUT2D eigenvalue weighted by atomic mass is 9.73. The van der Waals surface area contributed by atoms with Gasteiger partial charge in [-0.05, 0) is 37.0 Å². The van der Waals surface area contributed by atoms with Crippen molar-refractivity contribution >= 4 is 46.9 Å². The van der Waals surface area contributed by atoms with Gasteiger partial charge in [-0.2, -0.15) is 0 Å². The average Bonchev–Trinajstić information content (AvgIpc) is 2.87. The lowest BCUT2D eigenvalue weighted by Crippen LogP contribution is -2.54. The highest BCUT2D eigenvalue weighted by atomic mass is 35.5. The summed E-state index contributed by atoms with van der Waals surface area (Å²) in [6, 6.07) is 3.74. The Kier molecular flexibility index (Phi) is 5.95. The van der Waals surface area contributed by atoms with Crippen LogP contribution < -0.4 is 5.32 Å². The topological polar surface area (TPSA) is 92.8 Å². The number of benzene rings is 1. The van der Waals surface area contributed by atoms with Crippen LogP contribution in [0.2, 0.25) is 10.0 Å². The fourth-order valence-corrected chi connectivity index (χ4v) is 4.27. The maximum Gasteiger partial charge on any atom is 0.326 e. The Morgan fingerprint density at radius 3 is 2.71 bits per heavy atom. The molecule has 1 saturated heterocycles. The Hall–Kier alpha value is -2.12. The number of hydrogen-bond acceptors (Lipinski definition) is 5. The van der Waals surface area contributed by atoms with Gasteiger partial charge in [0.1, 0.15) is 12.1 Å². The number of rotatable bonds is 5. The van der Waals surface area contributed by atoms with Crippen LogP contribution in [0.15, 0.2) is 18.2 Å². The van der Waals surface area contributed by atoms with E-state index in [1.807, 2.05) is 6.92 Å². The zero-order valence-corrected chi connectivity index (χ0v) is 16.8. The number of carbonyl (C=O) groups is 4. The zero-order valence-electron chi connectivity index (χ0n) is 15.3. The summed E-state index contributed by atoms with van der Waals surface area (Å²) in [5.74, 6) is -1.77. The molecule has 1 saturated carbocycles. The first kappa shape index (κ1) is 20.6. The molecule has 1 aliphatic carbocycles. The number of carbonyl (C=O) groups excluding carboxylic acids is 4. The van der Waals surface area contributed by atoms with Crippen molar-refractivity contribution in [3.8, 4) is 0 Å². The summed E-state index contributed by atoms with van der Waals surface area (Å²) in [4.78, 5) is 50.2. The SMILES string of the molecule is CC1CCCCC12NC(=O)N(CC(=O)OCC(=O)c1ccc(Cl)cc1Cl)C2=O. The summed E-state index contributed by atoms with van der Waals surface area (Å²) in [6.07, 6.45) is 3.23. The van der Waals surface area contributed by atoms with Crippen molar-refractivity contribution in [3.63, 3.8) is 0 Å². The number of imide groups is 1. The number of amides is 3. The van der Waals surface area contributed by atoms with Gasteiger partial charge in [-0.15, -0.1) is 0 Å². The van der Waals surface area contributed by atoms with E-state index in [0.29, 0.717) is 11.4 Å². The molecule has 1 N–H and O–H groups in total. The van der Waals surface area contributed by atoms with E-state index >= 15 is 0 Å². The van der Waals surface area contributed by atoms with Crippen LogP contribution in [-0.4, -0.2) is 47.3 Å². The molecule has 9 heteroatoms. The molecule has 2 aliphatic rings. The zero-order chi connectivity index (χ0) is 20.5. The number of Topliss-reactive ketones (excluding diaryl/α,β-unsaturated/α-hetero) is 1. The molecule has 150 valence electrons. The molecule has 3 amide bonds. The van der Waals surface area contributed by atoms with Crippen molar-refractivity contribution in [2.75, 3.05) is 13.2 Å². The predicted octanol–water partition coefficient (Wildman–Crippen LogP) is 3.22. The average molecular weight is 427 g/mol. The van der Waals surface area contributed by atoms with Gasteiger partial charge in [-0.25, -0.2) is 4.79 Å². The van der Waals surface area contributed by atoms with Gasteiger partial charge >= 0.3 is 12.0 Å². The molecule has 0 aromatic heterocycles. The lowest BCUT2D eigenvalue weighted by molar-refractivity contribution is -0.147. The molecule has 7 nitrogen and oxygen atoms in total. The minimum absolute atomic E-state index is 0.00709. The van der Waals surface area contributed by atoms with Gasteiger partial charge in [0.25, 0.3) is 5.91 Å². The van der Waals surface area contributed by atoms with Gasteiger partial charge in [-0.3, -0.25) is 19.3 Å². The third-order valence-corrected chi connectivity index (χ3v) is 5.93. The number of halogens is 2. The summed E-state index contributed by atoms with van der Waals surface area (Å²) in [5.41, 5.74) is -0.772. The predicted molar refractivity (Wildman–Crippen MR) is 102 cm³/mol. The molecule has 2 unspecified atom stereocenters. The molecule has 3 rings (SSSR count). The van der Waals surface area contributed by atoms with Crippen molar-refractivity contribution in [2.24, 2.45) is 5.92 Å². The Bertz CT molecular complexity index is 844. The Morgan fingerprint density at radius 1 is 1.29 bits per heavy atom. The molecule has 0 bridgehead atoms. The minimum atomic E-state index is -0.942. The van der Waals surface area contributed by atoms with Crippen LogP contribution in [-0.2, 0) is 14.3 Å².